The Morgan fingerprint density at radius 1 is 0.963 bits per heavy atom. The summed E-state index contributed by atoms with van der Waals surface area (Å²) in [6.45, 7) is 7.19. The second-order valence-corrected chi connectivity index (χ2v) is 9.58. The highest BCUT2D eigenvalue weighted by atomic mass is 14.5. The predicted octanol–water partition coefficient (Wildman–Crippen LogP) is 8.61. The summed E-state index contributed by atoms with van der Waals surface area (Å²) in [5.74, 6) is 0.784. The lowest BCUT2D eigenvalue weighted by Crippen LogP contribution is -2.25. The summed E-state index contributed by atoms with van der Waals surface area (Å²) in [5, 5.41) is 0. The van der Waals surface area contributed by atoms with E-state index in [2.05, 4.69) is 32.9 Å². The van der Waals surface area contributed by atoms with Crippen LogP contribution in [-0.2, 0) is 0 Å². The first kappa shape index (κ1) is 19.3. The molecule has 0 heterocycles. The normalized spacial score (nSPS) is 31.3. The van der Waals surface area contributed by atoms with Crippen LogP contribution in [0.3, 0.4) is 0 Å². The molecule has 0 amide bonds. The Hall–Kier alpha value is -1.04. The maximum absolute atomic E-state index is 2.69. The SMILES string of the molecule is CCCCC1=C(C2=C(CC)CCC2)CCC1(C1=CCCC1)C1=CC(C)CC1. The largest absolute Gasteiger partial charge is 0.0841 e. The van der Waals surface area contributed by atoms with E-state index in [-0.39, 0.29) is 0 Å². The second kappa shape index (κ2) is 8.14. The topological polar surface area (TPSA) is 0 Å². The molecule has 0 spiro atoms. The first-order valence-corrected chi connectivity index (χ1v) is 12.0. The fourth-order valence-corrected chi connectivity index (χ4v) is 6.71. The van der Waals surface area contributed by atoms with Crippen molar-refractivity contribution in [3.8, 4) is 0 Å². The molecule has 4 aliphatic carbocycles. The van der Waals surface area contributed by atoms with Gasteiger partial charge >= 0.3 is 0 Å². The first-order valence-electron chi connectivity index (χ1n) is 12.0. The van der Waals surface area contributed by atoms with Gasteiger partial charge in [-0.05, 0) is 101 Å². The predicted molar refractivity (Wildman–Crippen MR) is 118 cm³/mol. The average Bonchev–Trinajstić information content (AvgIpc) is 3.44. The number of unbranched alkanes of at least 4 members (excludes halogenated alkanes) is 1. The summed E-state index contributed by atoms with van der Waals surface area (Å²) < 4.78 is 0. The van der Waals surface area contributed by atoms with Gasteiger partial charge < -0.3 is 0 Å². The molecule has 0 aromatic rings. The van der Waals surface area contributed by atoms with Crippen LogP contribution in [0.1, 0.15) is 111 Å². The minimum atomic E-state index is 0.334. The monoisotopic (exact) mass is 364 g/mol. The van der Waals surface area contributed by atoms with Crippen LogP contribution >= 0.6 is 0 Å². The van der Waals surface area contributed by atoms with Gasteiger partial charge in [-0.15, -0.1) is 0 Å². The Kier molecular flexibility index (Phi) is 5.81. The van der Waals surface area contributed by atoms with Crippen LogP contribution in [0.2, 0.25) is 0 Å². The molecule has 0 bridgehead atoms. The summed E-state index contributed by atoms with van der Waals surface area (Å²) >= 11 is 0. The average molecular weight is 365 g/mol. The zero-order valence-electron chi connectivity index (χ0n) is 18.1. The van der Waals surface area contributed by atoms with Crippen LogP contribution in [0.4, 0.5) is 0 Å². The molecular weight excluding hydrogens is 324 g/mol. The zero-order valence-corrected chi connectivity index (χ0v) is 18.1. The van der Waals surface area contributed by atoms with Gasteiger partial charge in [-0.1, -0.05) is 61.6 Å². The van der Waals surface area contributed by atoms with Gasteiger partial charge in [0.25, 0.3) is 0 Å². The third-order valence-electron chi connectivity index (χ3n) is 8.02. The smallest absolute Gasteiger partial charge is 0.0339 e. The van der Waals surface area contributed by atoms with E-state index in [0.717, 1.165) is 5.92 Å². The molecule has 0 aliphatic heterocycles. The van der Waals surface area contributed by atoms with Crippen molar-refractivity contribution in [2.24, 2.45) is 11.3 Å². The molecule has 0 saturated carbocycles. The molecule has 4 rings (SSSR count). The van der Waals surface area contributed by atoms with E-state index in [1.165, 1.54) is 89.9 Å². The maximum Gasteiger partial charge on any atom is 0.0339 e. The van der Waals surface area contributed by atoms with Crippen molar-refractivity contribution in [3.05, 3.63) is 45.6 Å². The Labute approximate surface area is 167 Å². The third kappa shape index (κ3) is 3.32. The standard InChI is InChI=1S/C27H40/c1-4-6-14-26-25(24-13-9-10-21(24)5-2)17-18-27(26,22-11-7-8-12-22)23-16-15-20(3)19-23/h11,19-20H,4-10,12-18H2,1-3H3. The van der Waals surface area contributed by atoms with Gasteiger partial charge in [0.05, 0.1) is 0 Å². The third-order valence-corrected chi connectivity index (χ3v) is 8.02. The fraction of sp³-hybridized carbons (Fsp3) is 0.704. The van der Waals surface area contributed by atoms with Crippen LogP contribution in [0.5, 0.6) is 0 Å². The van der Waals surface area contributed by atoms with Crippen LogP contribution in [-0.4, -0.2) is 0 Å². The molecule has 27 heavy (non-hydrogen) atoms. The quantitative estimate of drug-likeness (QED) is 0.397. The zero-order chi connectivity index (χ0) is 18.9. The lowest BCUT2D eigenvalue weighted by atomic mass is 9.66. The second-order valence-electron chi connectivity index (χ2n) is 9.58. The molecule has 2 atom stereocenters. The molecule has 2 unspecified atom stereocenters. The van der Waals surface area contributed by atoms with Crippen molar-refractivity contribution in [1.29, 1.82) is 0 Å². The van der Waals surface area contributed by atoms with Crippen LogP contribution < -0.4 is 0 Å². The van der Waals surface area contributed by atoms with Gasteiger partial charge in [0, 0.05) is 5.41 Å². The summed E-state index contributed by atoms with van der Waals surface area (Å²) in [5.41, 5.74) is 11.3. The summed E-state index contributed by atoms with van der Waals surface area (Å²) in [7, 11) is 0. The van der Waals surface area contributed by atoms with Crippen LogP contribution in [0.25, 0.3) is 0 Å². The van der Waals surface area contributed by atoms with Gasteiger partial charge in [-0.25, -0.2) is 0 Å². The van der Waals surface area contributed by atoms with E-state index in [1.54, 1.807) is 5.57 Å². The van der Waals surface area contributed by atoms with Crippen molar-refractivity contribution in [3.63, 3.8) is 0 Å². The number of allylic oxidation sites excluding steroid dienone is 8. The summed E-state index contributed by atoms with van der Waals surface area (Å²) in [6, 6.07) is 0. The minimum Gasteiger partial charge on any atom is -0.0841 e. The van der Waals surface area contributed by atoms with Crippen molar-refractivity contribution < 1.29 is 0 Å². The van der Waals surface area contributed by atoms with Crippen molar-refractivity contribution in [2.45, 2.75) is 111 Å². The molecule has 148 valence electrons. The van der Waals surface area contributed by atoms with Gasteiger partial charge in [0.15, 0.2) is 0 Å². The van der Waals surface area contributed by atoms with Gasteiger partial charge in [0.1, 0.15) is 0 Å². The molecule has 0 radical (unpaired) electrons. The van der Waals surface area contributed by atoms with E-state index in [1.807, 2.05) is 27.9 Å². The van der Waals surface area contributed by atoms with Gasteiger partial charge in [0.2, 0.25) is 0 Å². The van der Waals surface area contributed by atoms with Crippen LogP contribution in [0, 0.1) is 11.3 Å². The Balaban J connectivity index is 1.85. The molecular formula is C27H40. The van der Waals surface area contributed by atoms with E-state index in [4.69, 9.17) is 0 Å². The highest BCUT2D eigenvalue weighted by molar-refractivity contribution is 5.55. The molecule has 0 aromatic carbocycles. The molecule has 0 heteroatoms. The Bertz CT molecular complexity index is 696. The van der Waals surface area contributed by atoms with E-state index in [0.29, 0.717) is 5.41 Å². The first-order chi connectivity index (χ1) is 13.2. The lowest BCUT2D eigenvalue weighted by molar-refractivity contribution is 0.461. The molecule has 4 aliphatic rings. The maximum atomic E-state index is 2.69. The number of rotatable bonds is 7. The van der Waals surface area contributed by atoms with Gasteiger partial charge in [-0.2, -0.15) is 0 Å². The molecule has 0 nitrogen and oxygen atoms in total. The van der Waals surface area contributed by atoms with Crippen molar-refractivity contribution >= 4 is 0 Å². The van der Waals surface area contributed by atoms with E-state index in [9.17, 15) is 0 Å². The lowest BCUT2D eigenvalue weighted by Gasteiger charge is -2.37. The number of hydrogen-bond acceptors (Lipinski definition) is 0. The highest BCUT2D eigenvalue weighted by Crippen LogP contribution is 2.61. The minimum absolute atomic E-state index is 0.334. The molecule has 0 aromatic heterocycles. The van der Waals surface area contributed by atoms with Crippen molar-refractivity contribution in [2.75, 3.05) is 0 Å². The van der Waals surface area contributed by atoms with Crippen molar-refractivity contribution in [1.82, 2.24) is 0 Å². The summed E-state index contributed by atoms with van der Waals surface area (Å²) in [4.78, 5) is 0. The van der Waals surface area contributed by atoms with E-state index < -0.39 is 0 Å². The van der Waals surface area contributed by atoms with Gasteiger partial charge in [-0.3, -0.25) is 0 Å². The number of hydrogen-bond donors (Lipinski definition) is 0. The van der Waals surface area contributed by atoms with E-state index >= 15 is 0 Å². The molecule has 0 saturated heterocycles. The summed E-state index contributed by atoms with van der Waals surface area (Å²) in [6.07, 6.45) is 24.3. The Morgan fingerprint density at radius 2 is 1.85 bits per heavy atom. The molecule has 0 fully saturated rings. The molecule has 0 N–H and O–H groups in total. The fourth-order valence-electron chi connectivity index (χ4n) is 6.71. The van der Waals surface area contributed by atoms with Crippen LogP contribution in [0.15, 0.2) is 45.6 Å². The Morgan fingerprint density at radius 3 is 2.52 bits per heavy atom. The highest BCUT2D eigenvalue weighted by Gasteiger charge is 2.47.